The van der Waals surface area contributed by atoms with Crippen LogP contribution in [0.15, 0.2) is 79.6 Å². The number of benzene rings is 2. The summed E-state index contributed by atoms with van der Waals surface area (Å²) in [5.41, 5.74) is 1.37. The maximum Gasteiger partial charge on any atom is 0.271 e. The quantitative estimate of drug-likeness (QED) is 0.359. The Kier molecular flexibility index (Phi) is 5.90. The van der Waals surface area contributed by atoms with Crippen molar-refractivity contribution in [1.82, 2.24) is 25.0 Å². The van der Waals surface area contributed by atoms with Gasteiger partial charge in [-0.3, -0.25) is 9.36 Å². The third-order valence-corrected chi connectivity index (χ3v) is 5.48. The van der Waals surface area contributed by atoms with Crippen molar-refractivity contribution in [3.05, 3.63) is 93.3 Å². The van der Waals surface area contributed by atoms with E-state index in [0.717, 1.165) is 15.7 Å². The number of hydrogen-bond donors (Lipinski definition) is 1. The van der Waals surface area contributed by atoms with Crippen molar-refractivity contribution in [3.63, 3.8) is 0 Å². The first-order valence-electron chi connectivity index (χ1n) is 10.7. The van der Waals surface area contributed by atoms with Gasteiger partial charge in [-0.05, 0) is 40.5 Å². The molecule has 11 heteroatoms. The smallest absolute Gasteiger partial charge is 0.271 e. The molecule has 11 nitrogen and oxygen atoms in total. The summed E-state index contributed by atoms with van der Waals surface area (Å²) >= 11 is 0. The molecule has 1 N–H and O–H groups in total. The summed E-state index contributed by atoms with van der Waals surface area (Å²) in [6.07, 6.45) is 1.29. The molecule has 0 amide bonds. The Labute approximate surface area is 203 Å². The largest absolute Gasteiger partial charge is 0.494 e. The summed E-state index contributed by atoms with van der Waals surface area (Å²) in [5, 5.41) is 32.1. The predicted molar refractivity (Wildman–Crippen MR) is 128 cm³/mol. The molecule has 3 heterocycles. The van der Waals surface area contributed by atoms with E-state index < -0.39 is 5.56 Å². The number of nitrogens with zero attached hydrogens (tertiary/aromatic N) is 7. The van der Waals surface area contributed by atoms with Crippen molar-refractivity contribution in [2.75, 3.05) is 0 Å². The molecule has 0 saturated heterocycles. The molecule has 0 fully saturated rings. The van der Waals surface area contributed by atoms with Crippen molar-refractivity contribution < 1.29 is 14.3 Å². The molecular formula is C25H17N7O4. The van der Waals surface area contributed by atoms with Gasteiger partial charge in [-0.15, -0.1) is 0 Å². The fourth-order valence-corrected chi connectivity index (χ4v) is 3.59. The Morgan fingerprint density at radius 1 is 1.08 bits per heavy atom. The molecule has 0 atom stereocenters. The van der Waals surface area contributed by atoms with E-state index in [1.54, 1.807) is 6.92 Å². The zero-order valence-electron chi connectivity index (χ0n) is 18.9. The normalized spacial score (nSPS) is 11.1. The lowest BCUT2D eigenvalue weighted by Gasteiger charge is -2.14. The van der Waals surface area contributed by atoms with Crippen molar-refractivity contribution >= 4 is 12.0 Å². The van der Waals surface area contributed by atoms with Gasteiger partial charge in [0.05, 0.1) is 12.1 Å². The Morgan fingerprint density at radius 2 is 1.81 bits per heavy atom. The minimum atomic E-state index is -0.600. The van der Waals surface area contributed by atoms with Crippen LogP contribution in [-0.2, 0) is 6.54 Å². The van der Waals surface area contributed by atoms with Gasteiger partial charge < -0.3 is 9.63 Å². The number of hydrogen-bond acceptors (Lipinski definition) is 10. The molecule has 0 spiro atoms. The van der Waals surface area contributed by atoms with Crippen LogP contribution in [0.25, 0.3) is 23.0 Å². The minimum Gasteiger partial charge on any atom is -0.494 e. The maximum atomic E-state index is 12.9. The summed E-state index contributed by atoms with van der Waals surface area (Å²) < 4.78 is 11.3. The minimum absolute atomic E-state index is 0.0218. The highest BCUT2D eigenvalue weighted by atomic mass is 16.6. The van der Waals surface area contributed by atoms with Gasteiger partial charge in [-0.2, -0.15) is 10.2 Å². The summed E-state index contributed by atoms with van der Waals surface area (Å²) in [5.74, 6) is 0.0696. The van der Waals surface area contributed by atoms with Crippen LogP contribution in [-0.4, -0.2) is 36.3 Å². The van der Waals surface area contributed by atoms with E-state index in [-0.39, 0.29) is 52.3 Å². The average Bonchev–Trinajstić information content (AvgIpc) is 3.58. The molecule has 2 aromatic carbocycles. The van der Waals surface area contributed by atoms with Gasteiger partial charge in [0.2, 0.25) is 23.2 Å². The van der Waals surface area contributed by atoms with Gasteiger partial charge in [0.15, 0.2) is 0 Å². The van der Waals surface area contributed by atoms with Crippen molar-refractivity contribution in [2.45, 2.75) is 13.5 Å². The van der Waals surface area contributed by atoms with Gasteiger partial charge in [0, 0.05) is 11.8 Å². The van der Waals surface area contributed by atoms with Crippen LogP contribution in [0, 0.1) is 18.3 Å². The molecule has 0 radical (unpaired) electrons. The third-order valence-electron chi connectivity index (χ3n) is 5.48. The summed E-state index contributed by atoms with van der Waals surface area (Å²) in [4.78, 5) is 21.5. The number of aliphatic imine (C=N–C) groups is 1. The van der Waals surface area contributed by atoms with E-state index in [1.807, 2.05) is 66.7 Å². The predicted octanol–water partition coefficient (Wildman–Crippen LogP) is 3.63. The standard InChI is InChI=1S/C25H17N7O4/c1-15-18(12-26)24(33)32(14-16-8-4-2-5-9-16)25(34)19(15)13-27-21-20(29-36-31-21)22-28-23(35-30-22)17-10-6-3-7-11-17/h2-11,13,34H,14H2,1H3. The highest BCUT2D eigenvalue weighted by Crippen LogP contribution is 2.28. The highest BCUT2D eigenvalue weighted by Gasteiger charge is 2.21. The van der Waals surface area contributed by atoms with Crippen LogP contribution >= 0.6 is 0 Å². The number of aromatic hydroxyl groups is 1. The lowest BCUT2D eigenvalue weighted by atomic mass is 10.1. The second-order valence-corrected chi connectivity index (χ2v) is 7.71. The zero-order valence-corrected chi connectivity index (χ0v) is 18.9. The molecule has 0 bridgehead atoms. The number of rotatable bonds is 6. The van der Waals surface area contributed by atoms with Gasteiger partial charge in [-0.25, -0.2) is 9.62 Å². The Balaban J connectivity index is 1.52. The second kappa shape index (κ2) is 9.47. The second-order valence-electron chi connectivity index (χ2n) is 7.71. The number of aromatic nitrogens is 5. The monoisotopic (exact) mass is 479 g/mol. The van der Waals surface area contributed by atoms with E-state index in [1.165, 1.54) is 6.21 Å². The van der Waals surface area contributed by atoms with Crippen LogP contribution in [0.2, 0.25) is 0 Å². The van der Waals surface area contributed by atoms with Crippen LogP contribution < -0.4 is 5.56 Å². The van der Waals surface area contributed by atoms with Crippen LogP contribution in [0.5, 0.6) is 5.88 Å². The number of nitriles is 1. The van der Waals surface area contributed by atoms with Crippen molar-refractivity contribution in [2.24, 2.45) is 4.99 Å². The topological polar surface area (TPSA) is 156 Å². The molecule has 36 heavy (non-hydrogen) atoms. The van der Waals surface area contributed by atoms with E-state index in [9.17, 15) is 15.2 Å². The van der Waals surface area contributed by atoms with E-state index in [0.29, 0.717) is 0 Å². The molecule has 0 aliphatic heterocycles. The van der Waals surface area contributed by atoms with Gasteiger partial charge in [-0.1, -0.05) is 53.7 Å². The molecule has 0 aliphatic rings. The Hall–Kier alpha value is -5.37. The Morgan fingerprint density at radius 3 is 2.53 bits per heavy atom. The summed E-state index contributed by atoms with van der Waals surface area (Å²) in [6, 6.07) is 20.2. The molecule has 176 valence electrons. The SMILES string of the molecule is Cc1c(C=Nc2nonc2-c2noc(-c3ccccc3)n2)c(O)n(Cc2ccccc2)c(=O)c1C#N. The zero-order chi connectivity index (χ0) is 25.1. The van der Waals surface area contributed by atoms with Crippen LogP contribution in [0.4, 0.5) is 5.82 Å². The fraction of sp³-hybridized carbons (Fsp3) is 0.0800. The summed E-state index contributed by atoms with van der Waals surface area (Å²) in [6.45, 7) is 1.63. The molecule has 0 saturated carbocycles. The molecule has 0 unspecified atom stereocenters. The lowest BCUT2D eigenvalue weighted by molar-refractivity contribution is 0.309. The van der Waals surface area contributed by atoms with Crippen molar-refractivity contribution in [3.8, 4) is 34.9 Å². The first-order valence-corrected chi connectivity index (χ1v) is 10.7. The maximum absolute atomic E-state index is 12.9. The average molecular weight is 479 g/mol. The molecule has 5 rings (SSSR count). The summed E-state index contributed by atoms with van der Waals surface area (Å²) in [7, 11) is 0. The lowest BCUT2D eigenvalue weighted by Crippen LogP contribution is -2.25. The van der Waals surface area contributed by atoms with E-state index >= 15 is 0 Å². The molecule has 5 aromatic rings. The van der Waals surface area contributed by atoms with Crippen molar-refractivity contribution in [1.29, 1.82) is 5.26 Å². The Bertz CT molecular complexity index is 1660. The number of pyridine rings is 1. The molecule has 3 aromatic heterocycles. The van der Waals surface area contributed by atoms with Crippen LogP contribution in [0.3, 0.4) is 0 Å². The highest BCUT2D eigenvalue weighted by molar-refractivity contribution is 5.88. The van der Waals surface area contributed by atoms with Gasteiger partial charge >= 0.3 is 0 Å². The molecular weight excluding hydrogens is 462 g/mol. The first-order chi connectivity index (χ1) is 17.6. The van der Waals surface area contributed by atoms with E-state index in [2.05, 4.69) is 25.4 Å². The van der Waals surface area contributed by atoms with Gasteiger partial charge in [0.25, 0.3) is 11.4 Å². The molecule has 0 aliphatic carbocycles. The van der Waals surface area contributed by atoms with E-state index in [4.69, 9.17) is 9.15 Å². The van der Waals surface area contributed by atoms with Crippen LogP contribution in [0.1, 0.15) is 22.3 Å². The third kappa shape index (κ3) is 4.14. The van der Waals surface area contributed by atoms with Gasteiger partial charge in [0.1, 0.15) is 11.6 Å². The fourth-order valence-electron chi connectivity index (χ4n) is 3.59. The first kappa shape index (κ1) is 22.4.